The lowest BCUT2D eigenvalue weighted by Crippen LogP contribution is -2.35. The Morgan fingerprint density at radius 2 is 1.53 bits per heavy atom. The topological polar surface area (TPSA) is 102 Å². The predicted molar refractivity (Wildman–Crippen MR) is 122 cm³/mol. The second kappa shape index (κ2) is 10.1. The Bertz CT molecular complexity index is 1180. The number of hydrogen-bond acceptors (Lipinski definition) is 5. The minimum absolute atomic E-state index is 0.00303. The standard InChI is InChI=1S/C24H24N2O5S/c1-17-8-12-21(13-9-17)26-32(29,30)22-14-10-20(11-15-22)24(28)31-18(2)23(27)25-16-19-6-4-3-5-7-19/h3-15,18,26H,16H2,1-2H3,(H,25,27). The highest BCUT2D eigenvalue weighted by molar-refractivity contribution is 7.92. The maximum absolute atomic E-state index is 12.5. The Hall–Kier alpha value is -3.65. The number of anilines is 1. The molecule has 0 radical (unpaired) electrons. The molecule has 0 spiro atoms. The van der Waals surface area contributed by atoms with E-state index < -0.39 is 28.0 Å². The van der Waals surface area contributed by atoms with E-state index in [0.29, 0.717) is 12.2 Å². The molecule has 0 heterocycles. The van der Waals surface area contributed by atoms with Gasteiger partial charge in [0.05, 0.1) is 10.5 Å². The summed E-state index contributed by atoms with van der Waals surface area (Å²) in [6.45, 7) is 3.70. The number of rotatable bonds is 8. The molecule has 1 amide bonds. The Morgan fingerprint density at radius 1 is 0.906 bits per heavy atom. The number of carbonyl (C=O) groups excluding carboxylic acids is 2. The first-order chi connectivity index (χ1) is 15.2. The normalized spacial score (nSPS) is 11.9. The number of nitrogens with one attached hydrogen (secondary N) is 2. The van der Waals surface area contributed by atoms with Gasteiger partial charge >= 0.3 is 5.97 Å². The van der Waals surface area contributed by atoms with Crippen LogP contribution in [-0.4, -0.2) is 26.4 Å². The fourth-order valence-corrected chi connectivity index (χ4v) is 3.88. The number of esters is 1. The van der Waals surface area contributed by atoms with Crippen molar-refractivity contribution in [3.63, 3.8) is 0 Å². The highest BCUT2D eigenvalue weighted by Gasteiger charge is 2.20. The van der Waals surface area contributed by atoms with Crippen LogP contribution in [0, 0.1) is 6.92 Å². The van der Waals surface area contributed by atoms with Crippen LogP contribution in [0.25, 0.3) is 0 Å². The molecule has 0 saturated carbocycles. The summed E-state index contributed by atoms with van der Waals surface area (Å²) < 4.78 is 32.8. The third-order valence-electron chi connectivity index (χ3n) is 4.67. The van der Waals surface area contributed by atoms with Gasteiger partial charge in [0.1, 0.15) is 0 Å². The molecule has 32 heavy (non-hydrogen) atoms. The molecule has 3 aromatic rings. The summed E-state index contributed by atoms with van der Waals surface area (Å²) in [5.74, 6) is -1.15. The summed E-state index contributed by atoms with van der Waals surface area (Å²) in [7, 11) is -3.81. The minimum atomic E-state index is -3.81. The van der Waals surface area contributed by atoms with E-state index in [4.69, 9.17) is 4.74 Å². The van der Waals surface area contributed by atoms with Gasteiger partial charge in [-0.15, -0.1) is 0 Å². The Balaban J connectivity index is 1.58. The average Bonchev–Trinajstić information content (AvgIpc) is 2.79. The molecule has 0 aliphatic carbocycles. The summed E-state index contributed by atoms with van der Waals surface area (Å²) in [6.07, 6.45) is -1.00. The number of hydrogen-bond donors (Lipinski definition) is 2. The molecule has 3 rings (SSSR count). The van der Waals surface area contributed by atoms with Gasteiger partial charge in [0.2, 0.25) is 0 Å². The highest BCUT2D eigenvalue weighted by Crippen LogP contribution is 2.17. The maximum atomic E-state index is 12.5. The van der Waals surface area contributed by atoms with Crippen LogP contribution in [0.4, 0.5) is 5.69 Å². The van der Waals surface area contributed by atoms with Gasteiger partial charge in [0.15, 0.2) is 6.10 Å². The molecule has 0 aliphatic heterocycles. The first-order valence-electron chi connectivity index (χ1n) is 9.97. The van der Waals surface area contributed by atoms with Crippen LogP contribution in [0.2, 0.25) is 0 Å². The number of ether oxygens (including phenoxy) is 1. The molecular weight excluding hydrogens is 428 g/mol. The minimum Gasteiger partial charge on any atom is -0.449 e. The second-order valence-electron chi connectivity index (χ2n) is 7.25. The number of aryl methyl sites for hydroxylation is 1. The first-order valence-corrected chi connectivity index (χ1v) is 11.4. The molecule has 1 unspecified atom stereocenters. The number of carbonyl (C=O) groups is 2. The Kier molecular flexibility index (Phi) is 7.27. The molecule has 7 nitrogen and oxygen atoms in total. The molecule has 0 aliphatic rings. The van der Waals surface area contributed by atoms with E-state index in [1.807, 2.05) is 37.3 Å². The monoisotopic (exact) mass is 452 g/mol. The van der Waals surface area contributed by atoms with Crippen molar-refractivity contribution in [2.45, 2.75) is 31.4 Å². The van der Waals surface area contributed by atoms with Gasteiger partial charge in [-0.3, -0.25) is 9.52 Å². The first kappa shape index (κ1) is 23.0. The van der Waals surface area contributed by atoms with Crippen LogP contribution in [0.5, 0.6) is 0 Å². The summed E-state index contributed by atoms with van der Waals surface area (Å²) in [5.41, 5.74) is 2.52. The van der Waals surface area contributed by atoms with Gasteiger partial charge in [-0.05, 0) is 55.8 Å². The van der Waals surface area contributed by atoms with Crippen molar-refractivity contribution in [1.82, 2.24) is 5.32 Å². The van der Waals surface area contributed by atoms with Gasteiger partial charge in [-0.25, -0.2) is 13.2 Å². The van der Waals surface area contributed by atoms with Crippen LogP contribution < -0.4 is 10.0 Å². The number of sulfonamides is 1. The molecule has 8 heteroatoms. The molecule has 0 saturated heterocycles. The lowest BCUT2D eigenvalue weighted by atomic mass is 10.2. The zero-order valence-corrected chi connectivity index (χ0v) is 18.6. The summed E-state index contributed by atoms with van der Waals surface area (Å²) in [5, 5.41) is 2.71. The van der Waals surface area contributed by atoms with Gasteiger partial charge in [0.25, 0.3) is 15.9 Å². The molecule has 0 fully saturated rings. The zero-order valence-electron chi connectivity index (χ0n) is 17.7. The molecule has 2 N–H and O–H groups in total. The molecule has 166 valence electrons. The van der Waals surface area contributed by atoms with E-state index in [1.165, 1.54) is 31.2 Å². The van der Waals surface area contributed by atoms with Crippen molar-refractivity contribution >= 4 is 27.6 Å². The zero-order chi connectivity index (χ0) is 23.1. The molecule has 0 bridgehead atoms. The van der Waals surface area contributed by atoms with Crippen LogP contribution >= 0.6 is 0 Å². The summed E-state index contributed by atoms with van der Waals surface area (Å²) in [4.78, 5) is 24.5. The van der Waals surface area contributed by atoms with Crippen molar-refractivity contribution in [2.24, 2.45) is 0 Å². The van der Waals surface area contributed by atoms with Crippen LogP contribution in [0.1, 0.15) is 28.4 Å². The largest absolute Gasteiger partial charge is 0.449 e. The van der Waals surface area contributed by atoms with Crippen molar-refractivity contribution < 1.29 is 22.7 Å². The van der Waals surface area contributed by atoms with Crippen molar-refractivity contribution in [1.29, 1.82) is 0 Å². The third-order valence-corrected chi connectivity index (χ3v) is 6.06. The fraction of sp³-hybridized carbons (Fsp3) is 0.167. The van der Waals surface area contributed by atoms with Crippen molar-refractivity contribution in [2.75, 3.05) is 4.72 Å². The molecule has 3 aromatic carbocycles. The molecule has 1 atom stereocenters. The molecular formula is C24H24N2O5S. The van der Waals surface area contributed by atoms with E-state index in [2.05, 4.69) is 10.0 Å². The smallest absolute Gasteiger partial charge is 0.338 e. The van der Waals surface area contributed by atoms with Gasteiger partial charge < -0.3 is 10.1 Å². The van der Waals surface area contributed by atoms with Gasteiger partial charge in [-0.1, -0.05) is 48.0 Å². The number of benzene rings is 3. The SMILES string of the molecule is Cc1ccc(NS(=O)(=O)c2ccc(C(=O)OC(C)C(=O)NCc3ccccc3)cc2)cc1. The highest BCUT2D eigenvalue weighted by atomic mass is 32.2. The maximum Gasteiger partial charge on any atom is 0.338 e. The van der Waals surface area contributed by atoms with E-state index in [1.54, 1.807) is 24.3 Å². The van der Waals surface area contributed by atoms with E-state index in [-0.39, 0.29) is 10.5 Å². The molecule has 0 aromatic heterocycles. The van der Waals surface area contributed by atoms with Crippen molar-refractivity contribution in [3.05, 3.63) is 95.6 Å². The quantitative estimate of drug-likeness (QED) is 0.508. The van der Waals surface area contributed by atoms with Gasteiger partial charge in [-0.2, -0.15) is 0 Å². The van der Waals surface area contributed by atoms with Crippen molar-refractivity contribution in [3.8, 4) is 0 Å². The van der Waals surface area contributed by atoms with Crippen LogP contribution in [0.15, 0.2) is 83.8 Å². The third kappa shape index (κ3) is 6.18. The van der Waals surface area contributed by atoms with Crippen LogP contribution in [0.3, 0.4) is 0 Å². The summed E-state index contributed by atoms with van der Waals surface area (Å²) >= 11 is 0. The van der Waals surface area contributed by atoms with E-state index >= 15 is 0 Å². The lowest BCUT2D eigenvalue weighted by Gasteiger charge is -2.14. The summed E-state index contributed by atoms with van der Waals surface area (Å²) in [6, 6.07) is 21.6. The lowest BCUT2D eigenvalue weighted by molar-refractivity contribution is -0.129. The fourth-order valence-electron chi connectivity index (χ4n) is 2.82. The number of amides is 1. The second-order valence-corrected chi connectivity index (χ2v) is 8.93. The van der Waals surface area contributed by atoms with E-state index in [0.717, 1.165) is 11.1 Å². The Morgan fingerprint density at radius 3 is 2.16 bits per heavy atom. The van der Waals surface area contributed by atoms with E-state index in [9.17, 15) is 18.0 Å². The van der Waals surface area contributed by atoms with Crippen LogP contribution in [-0.2, 0) is 26.1 Å². The van der Waals surface area contributed by atoms with Gasteiger partial charge in [0, 0.05) is 12.2 Å². The average molecular weight is 453 g/mol. The predicted octanol–water partition coefficient (Wildman–Crippen LogP) is 3.66. The Labute approximate surface area is 187 Å².